The van der Waals surface area contributed by atoms with Crippen molar-refractivity contribution >= 4 is 27.8 Å². The Balaban J connectivity index is 2.28. The number of benzene rings is 2. The molecule has 0 bridgehead atoms. The normalized spacial score (nSPS) is 12.3. The summed E-state index contributed by atoms with van der Waals surface area (Å²) in [6.07, 6.45) is -0.538. The highest BCUT2D eigenvalue weighted by Crippen LogP contribution is 2.48. The Morgan fingerprint density at radius 1 is 1.29 bits per heavy atom. The molecule has 2 aromatic heterocycles. The molecule has 2 N–H and O–H groups in total. The van der Waals surface area contributed by atoms with Gasteiger partial charge in [-0.15, -0.1) is 0 Å². The van der Waals surface area contributed by atoms with E-state index >= 15 is 13.2 Å². The standard InChI is InChI=1S/C24H20F4N4O3/c1-23(2,6-7-29)22-19(24(27,28)10-17(33)34)18-15(8-12-11-30-31-21(12)20(18)26)32(22)13-4-5-14(25)16(9-13)35-3/h4-5,8-9,11H,6,10H2,1-3H3,(H,30,31)(H,33,34). The summed E-state index contributed by atoms with van der Waals surface area (Å²) in [5.74, 6) is -7.73. The second-order valence-corrected chi connectivity index (χ2v) is 8.79. The van der Waals surface area contributed by atoms with Gasteiger partial charge in [0.15, 0.2) is 17.4 Å². The van der Waals surface area contributed by atoms with Gasteiger partial charge in [0.2, 0.25) is 0 Å². The Morgan fingerprint density at radius 3 is 2.63 bits per heavy atom. The van der Waals surface area contributed by atoms with Crippen molar-refractivity contribution in [3.63, 3.8) is 0 Å². The summed E-state index contributed by atoms with van der Waals surface area (Å²) in [5, 5.41) is 24.6. The van der Waals surface area contributed by atoms with Crippen molar-refractivity contribution in [2.45, 2.75) is 38.0 Å². The number of aromatic nitrogens is 3. The molecule has 0 saturated heterocycles. The molecule has 35 heavy (non-hydrogen) atoms. The smallest absolute Gasteiger partial charge is 0.309 e. The molecule has 0 radical (unpaired) electrons. The molecule has 2 aromatic carbocycles. The quantitative estimate of drug-likeness (QED) is 0.332. The van der Waals surface area contributed by atoms with Gasteiger partial charge in [-0.25, -0.2) is 17.6 Å². The number of alkyl halides is 2. The van der Waals surface area contributed by atoms with E-state index in [1.165, 1.54) is 49.9 Å². The molecule has 0 aliphatic rings. The van der Waals surface area contributed by atoms with Gasteiger partial charge in [0.1, 0.15) is 11.9 Å². The highest BCUT2D eigenvalue weighted by atomic mass is 19.3. The second kappa shape index (κ2) is 8.30. The summed E-state index contributed by atoms with van der Waals surface area (Å²) in [5.41, 5.74) is -2.32. The first kappa shape index (κ1) is 24.1. The van der Waals surface area contributed by atoms with Crippen LogP contribution in [0.4, 0.5) is 17.6 Å². The molecule has 0 aliphatic carbocycles. The number of aromatic amines is 1. The lowest BCUT2D eigenvalue weighted by Crippen LogP contribution is -2.28. The molecule has 0 saturated carbocycles. The third kappa shape index (κ3) is 3.84. The third-order valence-electron chi connectivity index (χ3n) is 5.90. The van der Waals surface area contributed by atoms with Gasteiger partial charge in [-0.2, -0.15) is 10.4 Å². The molecule has 0 aliphatic heterocycles. The van der Waals surface area contributed by atoms with Crippen LogP contribution in [-0.4, -0.2) is 33.0 Å². The summed E-state index contributed by atoms with van der Waals surface area (Å²) in [6, 6.07) is 7.02. The number of nitrogens with one attached hydrogen (secondary N) is 1. The molecule has 0 fully saturated rings. The highest BCUT2D eigenvalue weighted by Gasteiger charge is 2.45. The van der Waals surface area contributed by atoms with Crippen LogP contribution in [0, 0.1) is 23.0 Å². The van der Waals surface area contributed by atoms with Crippen molar-refractivity contribution in [3.8, 4) is 17.5 Å². The number of H-pyrrole nitrogens is 1. The number of carboxylic acids is 1. The lowest BCUT2D eigenvalue weighted by Gasteiger charge is -2.28. The van der Waals surface area contributed by atoms with Crippen molar-refractivity contribution in [1.29, 1.82) is 5.26 Å². The summed E-state index contributed by atoms with van der Waals surface area (Å²) in [6.45, 7) is 3.04. The van der Waals surface area contributed by atoms with E-state index in [2.05, 4.69) is 10.2 Å². The molecular formula is C24H20F4N4O3. The first-order chi connectivity index (χ1) is 16.4. The predicted molar refractivity (Wildman–Crippen MR) is 119 cm³/mol. The summed E-state index contributed by atoms with van der Waals surface area (Å²) < 4.78 is 67.7. The summed E-state index contributed by atoms with van der Waals surface area (Å²) >= 11 is 0. The van der Waals surface area contributed by atoms with Crippen LogP contribution in [0.1, 0.15) is 37.9 Å². The number of hydrogen-bond donors (Lipinski definition) is 2. The fraction of sp³-hybridized carbons (Fsp3) is 0.292. The predicted octanol–water partition coefficient (Wildman–Crippen LogP) is 5.55. The van der Waals surface area contributed by atoms with E-state index in [1.54, 1.807) is 0 Å². The Morgan fingerprint density at radius 2 is 2.00 bits per heavy atom. The Hall–Kier alpha value is -4.07. The molecule has 182 valence electrons. The largest absolute Gasteiger partial charge is 0.494 e. The number of halogens is 4. The number of hydrogen-bond acceptors (Lipinski definition) is 4. The van der Waals surface area contributed by atoms with Crippen molar-refractivity contribution in [1.82, 2.24) is 14.8 Å². The van der Waals surface area contributed by atoms with Gasteiger partial charge in [0, 0.05) is 40.1 Å². The van der Waals surface area contributed by atoms with E-state index in [-0.39, 0.29) is 40.0 Å². The number of fused-ring (bicyclic) bond motifs is 2. The van der Waals surface area contributed by atoms with Crippen molar-refractivity contribution in [2.24, 2.45) is 0 Å². The number of ether oxygens (including phenoxy) is 1. The summed E-state index contributed by atoms with van der Waals surface area (Å²) in [7, 11) is 1.23. The average molecular weight is 488 g/mol. The van der Waals surface area contributed by atoms with Gasteiger partial charge in [0.25, 0.3) is 5.92 Å². The van der Waals surface area contributed by atoms with Crippen molar-refractivity contribution < 1.29 is 32.2 Å². The number of methoxy groups -OCH3 is 1. The molecular weight excluding hydrogens is 468 g/mol. The fourth-order valence-electron chi connectivity index (χ4n) is 4.42. The Kier molecular flexibility index (Phi) is 5.71. The zero-order valence-electron chi connectivity index (χ0n) is 18.9. The Bertz CT molecular complexity index is 1520. The first-order valence-corrected chi connectivity index (χ1v) is 10.4. The molecule has 4 rings (SSSR count). The van der Waals surface area contributed by atoms with Crippen LogP contribution in [0.2, 0.25) is 0 Å². The monoisotopic (exact) mass is 488 g/mol. The maximum atomic E-state index is 15.8. The van der Waals surface area contributed by atoms with Gasteiger partial charge in [-0.05, 0) is 18.2 Å². The molecule has 11 heteroatoms. The number of carboxylic acid groups (broad SMARTS) is 1. The van der Waals surface area contributed by atoms with Gasteiger partial charge in [0.05, 0.1) is 30.5 Å². The van der Waals surface area contributed by atoms with Crippen LogP contribution in [0.5, 0.6) is 5.75 Å². The van der Waals surface area contributed by atoms with E-state index < -0.39 is 46.3 Å². The number of nitriles is 1. The molecule has 2 heterocycles. The maximum absolute atomic E-state index is 15.8. The van der Waals surface area contributed by atoms with Crippen LogP contribution in [-0.2, 0) is 16.1 Å². The van der Waals surface area contributed by atoms with Crippen molar-refractivity contribution in [3.05, 3.63) is 53.4 Å². The molecule has 0 unspecified atom stereocenters. The van der Waals surface area contributed by atoms with Gasteiger partial charge < -0.3 is 14.4 Å². The highest BCUT2D eigenvalue weighted by molar-refractivity contribution is 6.00. The maximum Gasteiger partial charge on any atom is 0.309 e. The van der Waals surface area contributed by atoms with E-state index in [0.29, 0.717) is 0 Å². The van der Waals surface area contributed by atoms with Crippen LogP contribution < -0.4 is 4.74 Å². The van der Waals surface area contributed by atoms with Gasteiger partial charge in [-0.3, -0.25) is 9.89 Å². The number of rotatable bonds is 7. The summed E-state index contributed by atoms with van der Waals surface area (Å²) in [4.78, 5) is 11.4. The lowest BCUT2D eigenvalue weighted by molar-refractivity contribution is -0.145. The van der Waals surface area contributed by atoms with E-state index in [0.717, 1.165) is 6.07 Å². The third-order valence-corrected chi connectivity index (χ3v) is 5.90. The number of carbonyl (C=O) groups is 1. The minimum atomic E-state index is -4.02. The number of nitrogens with zero attached hydrogens (tertiary/aromatic N) is 3. The zero-order chi connectivity index (χ0) is 25.7. The minimum Gasteiger partial charge on any atom is -0.494 e. The molecule has 0 amide bonds. The van der Waals surface area contributed by atoms with E-state index in [4.69, 9.17) is 4.74 Å². The molecule has 4 aromatic rings. The van der Waals surface area contributed by atoms with Crippen LogP contribution in [0.15, 0.2) is 30.5 Å². The Labute approximate surface area is 196 Å². The molecule has 7 nitrogen and oxygen atoms in total. The lowest BCUT2D eigenvalue weighted by atomic mass is 9.81. The minimum absolute atomic E-state index is 0.0221. The second-order valence-electron chi connectivity index (χ2n) is 8.79. The number of aliphatic carboxylic acids is 1. The zero-order valence-corrected chi connectivity index (χ0v) is 18.9. The van der Waals surface area contributed by atoms with Crippen molar-refractivity contribution in [2.75, 3.05) is 7.11 Å². The average Bonchev–Trinajstić information content (AvgIpc) is 3.37. The van der Waals surface area contributed by atoms with E-state index in [1.807, 2.05) is 6.07 Å². The van der Waals surface area contributed by atoms with Crippen LogP contribution in [0.3, 0.4) is 0 Å². The fourth-order valence-corrected chi connectivity index (χ4v) is 4.42. The molecule has 0 spiro atoms. The molecule has 0 atom stereocenters. The van der Waals surface area contributed by atoms with Crippen LogP contribution in [0.25, 0.3) is 27.5 Å². The van der Waals surface area contributed by atoms with Crippen LogP contribution >= 0.6 is 0 Å². The SMILES string of the molecule is COc1cc(-n2c(C(C)(C)CC#N)c(C(F)(F)CC(=O)O)c3c(F)c4[nH]ncc4cc32)ccc1F. The topological polar surface area (TPSA) is 104 Å². The van der Waals surface area contributed by atoms with Gasteiger partial charge in [-0.1, -0.05) is 13.8 Å². The van der Waals surface area contributed by atoms with Gasteiger partial charge >= 0.3 is 5.97 Å². The first-order valence-electron chi connectivity index (χ1n) is 10.4. The van der Waals surface area contributed by atoms with E-state index in [9.17, 15) is 19.6 Å².